The molecule has 0 saturated carbocycles. The van der Waals surface area contributed by atoms with Crippen molar-refractivity contribution in [3.63, 3.8) is 0 Å². The quantitative estimate of drug-likeness (QED) is 0.375. The average molecular weight is 225 g/mol. The van der Waals surface area contributed by atoms with Gasteiger partial charge >= 0.3 is 0 Å². The fourth-order valence-corrected chi connectivity index (χ4v) is 2.00. The molecule has 1 unspecified atom stereocenters. The third-order valence-electron chi connectivity index (χ3n) is 3.07. The second kappa shape index (κ2) is 12.8. The molecule has 0 aliphatic heterocycles. The minimum Gasteiger partial charge on any atom is -0.314 e. The van der Waals surface area contributed by atoms with Crippen LogP contribution < -0.4 is 5.32 Å². The van der Waals surface area contributed by atoms with Crippen LogP contribution in [0.3, 0.4) is 0 Å². The molecule has 0 aliphatic rings. The van der Waals surface area contributed by atoms with Gasteiger partial charge in [-0.1, -0.05) is 58.4 Å². The van der Waals surface area contributed by atoms with Gasteiger partial charge in [-0.2, -0.15) is 0 Å². The van der Waals surface area contributed by atoms with Crippen molar-refractivity contribution in [1.29, 1.82) is 0 Å². The van der Waals surface area contributed by atoms with Gasteiger partial charge in [0.15, 0.2) is 0 Å². The molecule has 0 rings (SSSR count). The fourth-order valence-electron chi connectivity index (χ4n) is 2.00. The highest BCUT2D eigenvalue weighted by Gasteiger charge is 2.04. The van der Waals surface area contributed by atoms with Crippen LogP contribution in [0.1, 0.15) is 71.6 Å². The predicted octanol–water partition coefficient (Wildman–Crippen LogP) is 4.68. The highest BCUT2D eigenvalue weighted by Crippen LogP contribution is 2.08. The fraction of sp³-hybridized carbons (Fsp3) is 0.867. The number of rotatable bonds is 12. The summed E-state index contributed by atoms with van der Waals surface area (Å²) in [6, 6.07) is 0.672. The van der Waals surface area contributed by atoms with E-state index in [-0.39, 0.29) is 0 Å². The average Bonchev–Trinajstić information content (AvgIpc) is 2.30. The maximum absolute atomic E-state index is 3.85. The van der Waals surface area contributed by atoms with Crippen LogP contribution in [-0.2, 0) is 0 Å². The van der Waals surface area contributed by atoms with Gasteiger partial charge in [-0.15, -0.1) is 6.58 Å². The van der Waals surface area contributed by atoms with Crippen LogP contribution in [0.15, 0.2) is 12.7 Å². The number of hydrogen-bond acceptors (Lipinski definition) is 1. The van der Waals surface area contributed by atoms with Crippen LogP contribution in [0, 0.1) is 0 Å². The molecule has 1 atom stereocenters. The van der Waals surface area contributed by atoms with Crippen molar-refractivity contribution >= 4 is 0 Å². The maximum atomic E-state index is 3.85. The van der Waals surface area contributed by atoms with E-state index < -0.39 is 0 Å². The summed E-state index contributed by atoms with van der Waals surface area (Å²) in [7, 11) is 0. The van der Waals surface area contributed by atoms with Crippen LogP contribution in [-0.4, -0.2) is 12.6 Å². The van der Waals surface area contributed by atoms with E-state index in [0.29, 0.717) is 6.04 Å². The summed E-state index contributed by atoms with van der Waals surface area (Å²) in [4.78, 5) is 0. The molecule has 0 aliphatic carbocycles. The normalized spacial score (nSPS) is 12.6. The first-order valence-corrected chi connectivity index (χ1v) is 7.19. The van der Waals surface area contributed by atoms with Gasteiger partial charge < -0.3 is 5.32 Å². The lowest BCUT2D eigenvalue weighted by Gasteiger charge is -2.17. The van der Waals surface area contributed by atoms with E-state index >= 15 is 0 Å². The largest absolute Gasteiger partial charge is 0.314 e. The zero-order valence-electron chi connectivity index (χ0n) is 11.4. The van der Waals surface area contributed by atoms with Gasteiger partial charge in [0, 0.05) is 6.04 Å². The molecule has 0 radical (unpaired) electrons. The van der Waals surface area contributed by atoms with Gasteiger partial charge in [0.2, 0.25) is 0 Å². The summed E-state index contributed by atoms with van der Waals surface area (Å²) in [5, 5.41) is 3.66. The molecular weight excluding hydrogens is 194 g/mol. The third-order valence-corrected chi connectivity index (χ3v) is 3.07. The summed E-state index contributed by atoms with van der Waals surface area (Å²) in [6.07, 6.45) is 13.9. The third kappa shape index (κ3) is 10.2. The highest BCUT2D eigenvalue weighted by atomic mass is 14.9. The van der Waals surface area contributed by atoms with Crippen molar-refractivity contribution in [2.45, 2.75) is 77.7 Å². The summed E-state index contributed by atoms with van der Waals surface area (Å²) in [5.74, 6) is 0. The first-order chi connectivity index (χ1) is 7.85. The van der Waals surface area contributed by atoms with Crippen molar-refractivity contribution < 1.29 is 0 Å². The molecule has 0 aromatic carbocycles. The van der Waals surface area contributed by atoms with Crippen LogP contribution in [0.5, 0.6) is 0 Å². The monoisotopic (exact) mass is 225 g/mol. The summed E-state index contributed by atoms with van der Waals surface area (Å²) < 4.78 is 0. The molecule has 96 valence electrons. The predicted molar refractivity (Wildman–Crippen MR) is 74.9 cm³/mol. The molecule has 0 bridgehead atoms. The topological polar surface area (TPSA) is 12.0 Å². The Labute approximate surface area is 103 Å². The zero-order chi connectivity index (χ0) is 12.1. The number of nitrogens with one attached hydrogen (secondary N) is 1. The summed E-state index contributed by atoms with van der Waals surface area (Å²) in [6.45, 7) is 9.55. The second-order valence-corrected chi connectivity index (χ2v) is 4.73. The van der Waals surface area contributed by atoms with Crippen LogP contribution in [0.4, 0.5) is 0 Å². The maximum Gasteiger partial charge on any atom is 0.0101 e. The minimum absolute atomic E-state index is 0.672. The lowest BCUT2D eigenvalue weighted by Crippen LogP contribution is -2.29. The molecule has 0 amide bonds. The number of unbranched alkanes of at least 4 members (excludes halogenated alkanes) is 5. The lowest BCUT2D eigenvalue weighted by molar-refractivity contribution is 0.450. The Morgan fingerprint density at radius 3 is 2.31 bits per heavy atom. The minimum atomic E-state index is 0.672. The van der Waals surface area contributed by atoms with E-state index in [1.54, 1.807) is 0 Å². The zero-order valence-corrected chi connectivity index (χ0v) is 11.4. The Morgan fingerprint density at radius 1 is 1.00 bits per heavy atom. The Bertz CT molecular complexity index is 130. The van der Waals surface area contributed by atoms with Gasteiger partial charge in [0.1, 0.15) is 0 Å². The molecule has 1 nitrogen and oxygen atoms in total. The molecular formula is C15H31N. The first kappa shape index (κ1) is 15.7. The summed E-state index contributed by atoms with van der Waals surface area (Å²) >= 11 is 0. The van der Waals surface area contributed by atoms with E-state index in [0.717, 1.165) is 6.42 Å². The van der Waals surface area contributed by atoms with E-state index in [1.807, 2.05) is 0 Å². The van der Waals surface area contributed by atoms with Crippen molar-refractivity contribution in [3.05, 3.63) is 12.7 Å². The second-order valence-electron chi connectivity index (χ2n) is 4.73. The Balaban J connectivity index is 3.49. The lowest BCUT2D eigenvalue weighted by atomic mass is 10.0. The van der Waals surface area contributed by atoms with E-state index in [1.165, 1.54) is 57.9 Å². The standard InChI is InChI=1S/C15H31N/c1-4-7-9-10-13-15(12-6-3)16-14-11-8-5-2/h6,15-16H,3-5,7-14H2,1-2H3. The van der Waals surface area contributed by atoms with Gasteiger partial charge in [-0.3, -0.25) is 0 Å². The van der Waals surface area contributed by atoms with Gasteiger partial charge in [0.05, 0.1) is 0 Å². The molecule has 1 heteroatoms. The molecule has 1 N–H and O–H groups in total. The highest BCUT2D eigenvalue weighted by molar-refractivity contribution is 4.77. The molecule has 0 heterocycles. The van der Waals surface area contributed by atoms with Crippen molar-refractivity contribution in [2.75, 3.05) is 6.54 Å². The van der Waals surface area contributed by atoms with Crippen molar-refractivity contribution in [1.82, 2.24) is 5.32 Å². The van der Waals surface area contributed by atoms with Gasteiger partial charge in [-0.25, -0.2) is 0 Å². The summed E-state index contributed by atoms with van der Waals surface area (Å²) in [5.41, 5.74) is 0. The first-order valence-electron chi connectivity index (χ1n) is 7.19. The Kier molecular flexibility index (Phi) is 12.5. The molecule has 0 fully saturated rings. The van der Waals surface area contributed by atoms with Crippen molar-refractivity contribution in [3.8, 4) is 0 Å². The SMILES string of the molecule is C=CCC(CCCCCC)NCCCCC. The molecule has 0 aromatic heterocycles. The van der Waals surface area contributed by atoms with E-state index in [9.17, 15) is 0 Å². The van der Waals surface area contributed by atoms with Gasteiger partial charge in [0.25, 0.3) is 0 Å². The molecule has 16 heavy (non-hydrogen) atoms. The van der Waals surface area contributed by atoms with Crippen LogP contribution in [0.25, 0.3) is 0 Å². The van der Waals surface area contributed by atoms with Crippen LogP contribution >= 0.6 is 0 Å². The molecule has 0 saturated heterocycles. The number of hydrogen-bond donors (Lipinski definition) is 1. The Hall–Kier alpha value is -0.300. The van der Waals surface area contributed by atoms with Crippen molar-refractivity contribution in [2.24, 2.45) is 0 Å². The van der Waals surface area contributed by atoms with Crippen LogP contribution in [0.2, 0.25) is 0 Å². The van der Waals surface area contributed by atoms with E-state index in [2.05, 4.69) is 31.8 Å². The molecule has 0 aromatic rings. The van der Waals surface area contributed by atoms with E-state index in [4.69, 9.17) is 0 Å². The Morgan fingerprint density at radius 2 is 1.69 bits per heavy atom. The van der Waals surface area contributed by atoms with Gasteiger partial charge in [-0.05, 0) is 25.8 Å². The molecule has 0 spiro atoms. The smallest absolute Gasteiger partial charge is 0.0101 e.